The minimum atomic E-state index is -0.430. The van der Waals surface area contributed by atoms with Crippen LogP contribution < -0.4 is 10.2 Å². The second-order valence-corrected chi connectivity index (χ2v) is 9.23. The lowest BCUT2D eigenvalue weighted by atomic mass is 10.1. The van der Waals surface area contributed by atoms with E-state index in [1.807, 2.05) is 48.5 Å². The first-order valence-electron chi connectivity index (χ1n) is 11.6. The van der Waals surface area contributed by atoms with E-state index in [9.17, 15) is 4.79 Å². The van der Waals surface area contributed by atoms with Gasteiger partial charge >= 0.3 is 6.09 Å². The van der Waals surface area contributed by atoms with E-state index in [1.165, 1.54) is 10.1 Å². The molecule has 4 aromatic rings. The summed E-state index contributed by atoms with van der Waals surface area (Å²) in [5.41, 5.74) is 2.90. The summed E-state index contributed by atoms with van der Waals surface area (Å²) < 4.78 is 11.3. The zero-order chi connectivity index (χ0) is 23.2. The third kappa shape index (κ3) is 5.38. The average Bonchev–Trinajstić information content (AvgIpc) is 3.32. The van der Waals surface area contributed by atoms with Crippen molar-refractivity contribution in [1.29, 1.82) is 0 Å². The standard InChI is InChI=1S/C27H28N4O2S/c32-27(33-20-21-8-2-1-3-9-21)28-24-12-6-4-10-22(24)14-15-30-16-18-31(19-17-30)26-23-11-5-7-13-25(23)34-29-26/h1-13H,14-20H2,(H,28,32). The number of rotatable bonds is 7. The molecule has 3 aromatic carbocycles. The molecule has 0 spiro atoms. The second kappa shape index (κ2) is 10.7. The molecule has 1 amide bonds. The highest BCUT2D eigenvalue weighted by Gasteiger charge is 2.20. The van der Waals surface area contributed by atoms with Gasteiger partial charge in [-0.15, -0.1) is 0 Å². The molecule has 0 bridgehead atoms. The van der Waals surface area contributed by atoms with E-state index in [2.05, 4.69) is 45.4 Å². The molecule has 34 heavy (non-hydrogen) atoms. The highest BCUT2D eigenvalue weighted by Crippen LogP contribution is 2.29. The molecule has 7 heteroatoms. The normalized spacial score (nSPS) is 14.3. The van der Waals surface area contributed by atoms with E-state index in [4.69, 9.17) is 9.11 Å². The van der Waals surface area contributed by atoms with Gasteiger partial charge in [0.05, 0.1) is 4.70 Å². The Morgan fingerprint density at radius 1 is 0.912 bits per heavy atom. The number of carbonyl (C=O) groups is 1. The van der Waals surface area contributed by atoms with Gasteiger partial charge in [-0.05, 0) is 47.3 Å². The molecular weight excluding hydrogens is 444 g/mol. The van der Waals surface area contributed by atoms with Crippen LogP contribution >= 0.6 is 11.5 Å². The number of carbonyl (C=O) groups excluding carboxylic acids is 1. The van der Waals surface area contributed by atoms with Gasteiger partial charge in [-0.3, -0.25) is 10.2 Å². The zero-order valence-corrected chi connectivity index (χ0v) is 19.8. The lowest BCUT2D eigenvalue weighted by molar-refractivity contribution is 0.155. The van der Waals surface area contributed by atoms with Gasteiger partial charge in [0.25, 0.3) is 0 Å². The highest BCUT2D eigenvalue weighted by molar-refractivity contribution is 7.13. The van der Waals surface area contributed by atoms with Crippen molar-refractivity contribution in [3.63, 3.8) is 0 Å². The molecule has 0 saturated carbocycles. The van der Waals surface area contributed by atoms with Crippen molar-refractivity contribution in [1.82, 2.24) is 9.27 Å². The lowest BCUT2D eigenvalue weighted by Crippen LogP contribution is -2.47. The van der Waals surface area contributed by atoms with Gasteiger partial charge < -0.3 is 9.64 Å². The van der Waals surface area contributed by atoms with Crippen LogP contribution in [-0.2, 0) is 17.8 Å². The fraction of sp³-hybridized carbons (Fsp3) is 0.259. The van der Waals surface area contributed by atoms with Crippen LogP contribution in [-0.4, -0.2) is 48.1 Å². The lowest BCUT2D eigenvalue weighted by Gasteiger charge is -2.35. The van der Waals surface area contributed by atoms with Crippen molar-refractivity contribution in [3.8, 4) is 0 Å². The van der Waals surface area contributed by atoms with Gasteiger partial charge in [0, 0.05) is 43.8 Å². The Morgan fingerprint density at radius 2 is 1.65 bits per heavy atom. The first-order chi connectivity index (χ1) is 16.8. The fourth-order valence-electron chi connectivity index (χ4n) is 4.29. The van der Waals surface area contributed by atoms with Gasteiger partial charge in [-0.2, -0.15) is 4.37 Å². The number of benzene rings is 3. The Morgan fingerprint density at radius 3 is 2.50 bits per heavy atom. The number of fused-ring (bicyclic) bond motifs is 1. The Balaban J connectivity index is 1.12. The first-order valence-corrected chi connectivity index (χ1v) is 12.4. The maximum atomic E-state index is 12.3. The number of anilines is 2. The number of nitrogens with one attached hydrogen (secondary N) is 1. The van der Waals surface area contributed by atoms with E-state index in [-0.39, 0.29) is 6.61 Å². The molecule has 0 radical (unpaired) electrons. The quantitative estimate of drug-likeness (QED) is 0.390. The molecule has 1 N–H and O–H groups in total. The molecule has 0 unspecified atom stereocenters. The minimum absolute atomic E-state index is 0.257. The van der Waals surface area contributed by atoms with Gasteiger partial charge in [0.1, 0.15) is 12.4 Å². The number of aromatic nitrogens is 1. The molecule has 5 rings (SSSR count). The first kappa shape index (κ1) is 22.4. The van der Waals surface area contributed by atoms with E-state index in [1.54, 1.807) is 11.5 Å². The maximum absolute atomic E-state index is 12.3. The minimum Gasteiger partial charge on any atom is -0.444 e. The molecule has 174 valence electrons. The summed E-state index contributed by atoms with van der Waals surface area (Å²) in [6, 6.07) is 26.1. The number of hydrogen-bond donors (Lipinski definition) is 1. The summed E-state index contributed by atoms with van der Waals surface area (Å²) in [6.45, 7) is 5.15. The molecule has 1 saturated heterocycles. The smallest absolute Gasteiger partial charge is 0.411 e. The fourth-order valence-corrected chi connectivity index (χ4v) is 5.09. The summed E-state index contributed by atoms with van der Waals surface area (Å²) in [5.74, 6) is 1.11. The number of para-hydroxylation sites is 1. The molecular formula is C27H28N4O2S. The largest absolute Gasteiger partial charge is 0.444 e. The van der Waals surface area contributed by atoms with Crippen molar-refractivity contribution in [2.24, 2.45) is 0 Å². The number of amides is 1. The van der Waals surface area contributed by atoms with Gasteiger partial charge in [0.2, 0.25) is 0 Å². The third-order valence-corrected chi connectivity index (χ3v) is 7.01. The monoisotopic (exact) mass is 472 g/mol. The summed E-state index contributed by atoms with van der Waals surface area (Å²) in [5, 5.41) is 4.17. The maximum Gasteiger partial charge on any atom is 0.411 e. The van der Waals surface area contributed by atoms with Crippen LogP contribution in [0.15, 0.2) is 78.9 Å². The second-order valence-electron chi connectivity index (χ2n) is 8.42. The predicted octanol–water partition coefficient (Wildman–Crippen LogP) is 5.41. The van der Waals surface area contributed by atoms with Crippen LogP contribution in [0.25, 0.3) is 10.1 Å². The van der Waals surface area contributed by atoms with Gasteiger partial charge in [-0.25, -0.2) is 4.79 Å². The van der Waals surface area contributed by atoms with Crippen molar-refractivity contribution in [2.45, 2.75) is 13.0 Å². The van der Waals surface area contributed by atoms with Gasteiger partial charge in [0.15, 0.2) is 0 Å². The van der Waals surface area contributed by atoms with Crippen LogP contribution in [0.5, 0.6) is 0 Å². The molecule has 1 fully saturated rings. The van der Waals surface area contributed by atoms with Crippen molar-refractivity contribution in [3.05, 3.63) is 90.0 Å². The Hall–Kier alpha value is -3.42. The molecule has 0 aliphatic carbocycles. The summed E-state index contributed by atoms with van der Waals surface area (Å²) in [7, 11) is 0. The molecule has 1 aliphatic heterocycles. The predicted molar refractivity (Wildman–Crippen MR) is 139 cm³/mol. The third-order valence-electron chi connectivity index (χ3n) is 6.19. The Kier molecular flexibility index (Phi) is 7.02. The molecule has 6 nitrogen and oxygen atoms in total. The average molecular weight is 473 g/mol. The molecule has 0 atom stereocenters. The van der Waals surface area contributed by atoms with E-state index >= 15 is 0 Å². The van der Waals surface area contributed by atoms with Gasteiger partial charge in [-0.1, -0.05) is 60.7 Å². The zero-order valence-electron chi connectivity index (χ0n) is 19.0. The summed E-state index contributed by atoms with van der Waals surface area (Å²) in [4.78, 5) is 17.2. The van der Waals surface area contributed by atoms with Crippen LogP contribution in [0.2, 0.25) is 0 Å². The van der Waals surface area contributed by atoms with Crippen LogP contribution in [0.1, 0.15) is 11.1 Å². The number of hydrogen-bond acceptors (Lipinski definition) is 6. The van der Waals surface area contributed by atoms with Crippen LogP contribution in [0, 0.1) is 0 Å². The van der Waals surface area contributed by atoms with E-state index in [0.29, 0.717) is 0 Å². The molecule has 1 aliphatic rings. The van der Waals surface area contributed by atoms with Crippen LogP contribution in [0.4, 0.5) is 16.3 Å². The number of nitrogens with zero attached hydrogens (tertiary/aromatic N) is 3. The topological polar surface area (TPSA) is 57.7 Å². The molecule has 1 aromatic heterocycles. The Bertz CT molecular complexity index is 1240. The molecule has 2 heterocycles. The van der Waals surface area contributed by atoms with E-state index in [0.717, 1.165) is 61.8 Å². The summed E-state index contributed by atoms with van der Waals surface area (Å²) in [6.07, 6.45) is 0.440. The summed E-state index contributed by atoms with van der Waals surface area (Å²) >= 11 is 1.57. The van der Waals surface area contributed by atoms with Crippen molar-refractivity contribution < 1.29 is 9.53 Å². The number of ether oxygens (including phenoxy) is 1. The van der Waals surface area contributed by atoms with E-state index < -0.39 is 6.09 Å². The SMILES string of the molecule is O=C(Nc1ccccc1CCN1CCN(c2nsc3ccccc23)CC1)OCc1ccccc1. The Labute approximate surface area is 203 Å². The number of piperazine rings is 1. The van der Waals surface area contributed by atoms with Crippen LogP contribution in [0.3, 0.4) is 0 Å². The van der Waals surface area contributed by atoms with Crippen molar-refractivity contribution >= 4 is 39.2 Å². The highest BCUT2D eigenvalue weighted by atomic mass is 32.1. The van der Waals surface area contributed by atoms with Crippen molar-refractivity contribution in [2.75, 3.05) is 42.9 Å².